The molecule has 0 aromatic heterocycles. The first-order valence-electron chi connectivity index (χ1n) is 6.28. The van der Waals surface area contributed by atoms with Gasteiger partial charge in [0.1, 0.15) is 0 Å². The Morgan fingerprint density at radius 1 is 1.38 bits per heavy atom. The summed E-state index contributed by atoms with van der Waals surface area (Å²) in [5.74, 6) is 0. The van der Waals surface area contributed by atoms with Gasteiger partial charge < -0.3 is 20.1 Å². The highest BCUT2D eigenvalue weighted by Crippen LogP contribution is 2.12. The first kappa shape index (κ1) is 13.9. The van der Waals surface area contributed by atoms with E-state index in [2.05, 4.69) is 31.1 Å². The van der Waals surface area contributed by atoms with Crippen LogP contribution in [-0.2, 0) is 4.74 Å². The van der Waals surface area contributed by atoms with Crippen molar-refractivity contribution in [2.75, 3.05) is 33.4 Å². The van der Waals surface area contributed by atoms with E-state index < -0.39 is 0 Å². The molecule has 0 amide bonds. The average Bonchev–Trinajstić information content (AvgIpc) is 2.28. The van der Waals surface area contributed by atoms with Crippen molar-refractivity contribution >= 4 is 0 Å². The molecule has 4 heteroatoms. The van der Waals surface area contributed by atoms with Gasteiger partial charge in [0, 0.05) is 37.9 Å². The highest BCUT2D eigenvalue weighted by Gasteiger charge is 2.21. The van der Waals surface area contributed by atoms with Crippen molar-refractivity contribution in [3.05, 3.63) is 0 Å². The Bertz CT molecular complexity index is 182. The summed E-state index contributed by atoms with van der Waals surface area (Å²) in [6.45, 7) is 7.06. The summed E-state index contributed by atoms with van der Waals surface area (Å²) in [5.41, 5.74) is 0. The highest BCUT2D eigenvalue weighted by molar-refractivity contribution is 4.78. The van der Waals surface area contributed by atoms with Crippen molar-refractivity contribution in [2.24, 2.45) is 0 Å². The molecule has 1 aliphatic rings. The summed E-state index contributed by atoms with van der Waals surface area (Å²) < 4.78 is 5.35. The first-order valence-corrected chi connectivity index (χ1v) is 6.28. The molecular weight excluding hydrogens is 204 g/mol. The van der Waals surface area contributed by atoms with Crippen LogP contribution in [-0.4, -0.2) is 61.5 Å². The summed E-state index contributed by atoms with van der Waals surface area (Å²) in [4.78, 5) is 2.35. The van der Waals surface area contributed by atoms with E-state index in [4.69, 9.17) is 4.74 Å². The fourth-order valence-corrected chi connectivity index (χ4v) is 2.26. The normalized spacial score (nSPS) is 20.6. The second-order valence-corrected chi connectivity index (χ2v) is 4.98. The van der Waals surface area contributed by atoms with E-state index >= 15 is 0 Å². The molecule has 1 rings (SSSR count). The van der Waals surface area contributed by atoms with E-state index in [1.165, 1.54) is 0 Å². The molecule has 1 fully saturated rings. The largest absolute Gasteiger partial charge is 0.395 e. The van der Waals surface area contributed by atoms with Gasteiger partial charge in [0.05, 0.1) is 6.61 Å². The van der Waals surface area contributed by atoms with Crippen molar-refractivity contribution in [2.45, 2.75) is 44.8 Å². The molecule has 0 aliphatic carbocycles. The van der Waals surface area contributed by atoms with Crippen LogP contribution in [0.3, 0.4) is 0 Å². The third kappa shape index (κ3) is 4.78. The number of rotatable bonds is 6. The van der Waals surface area contributed by atoms with E-state index in [-0.39, 0.29) is 12.6 Å². The maximum Gasteiger partial charge on any atom is 0.0597 e. The lowest BCUT2D eigenvalue weighted by atomic mass is 10.1. The van der Waals surface area contributed by atoms with Crippen LogP contribution < -0.4 is 5.32 Å². The Hall–Kier alpha value is -0.160. The molecule has 16 heavy (non-hydrogen) atoms. The van der Waals surface area contributed by atoms with Crippen molar-refractivity contribution in [3.63, 3.8) is 0 Å². The van der Waals surface area contributed by atoms with E-state index in [0.717, 1.165) is 32.6 Å². The van der Waals surface area contributed by atoms with Gasteiger partial charge in [-0.2, -0.15) is 0 Å². The van der Waals surface area contributed by atoms with Crippen LogP contribution in [0.5, 0.6) is 0 Å². The highest BCUT2D eigenvalue weighted by atomic mass is 16.5. The molecule has 96 valence electrons. The fraction of sp³-hybridized carbons (Fsp3) is 1.00. The second kappa shape index (κ2) is 7.22. The summed E-state index contributed by atoms with van der Waals surface area (Å²) in [6.07, 6.45) is 2.21. The molecule has 0 bridgehead atoms. The predicted molar refractivity (Wildman–Crippen MR) is 65.6 cm³/mol. The van der Waals surface area contributed by atoms with Crippen molar-refractivity contribution < 1.29 is 9.84 Å². The van der Waals surface area contributed by atoms with Crippen LogP contribution in [0.1, 0.15) is 26.7 Å². The SMILES string of the molecule is CC(C)NC(CO)CN(C)C1CCOCC1. The standard InChI is InChI=1S/C12H26N2O2/c1-10(2)13-11(9-15)8-14(3)12-4-6-16-7-5-12/h10-13,15H,4-9H2,1-3H3. The number of aliphatic hydroxyl groups is 1. The maximum atomic E-state index is 9.31. The van der Waals surface area contributed by atoms with Gasteiger partial charge in [0.15, 0.2) is 0 Å². The smallest absolute Gasteiger partial charge is 0.0597 e. The van der Waals surface area contributed by atoms with Gasteiger partial charge >= 0.3 is 0 Å². The lowest BCUT2D eigenvalue weighted by molar-refractivity contribution is 0.0372. The number of likely N-dealkylation sites (N-methyl/N-ethyl adjacent to an activating group) is 1. The molecule has 1 saturated heterocycles. The Morgan fingerprint density at radius 3 is 2.50 bits per heavy atom. The molecule has 0 aromatic rings. The average molecular weight is 230 g/mol. The molecule has 0 spiro atoms. The lowest BCUT2D eigenvalue weighted by Gasteiger charge is -2.34. The Labute approximate surface area is 99.0 Å². The zero-order valence-electron chi connectivity index (χ0n) is 10.8. The van der Waals surface area contributed by atoms with Crippen molar-refractivity contribution in [1.29, 1.82) is 0 Å². The molecule has 0 radical (unpaired) electrons. The Kier molecular flexibility index (Phi) is 6.28. The molecule has 1 atom stereocenters. The molecular formula is C12H26N2O2. The Balaban J connectivity index is 2.31. The summed E-state index contributed by atoms with van der Waals surface area (Å²) in [6, 6.07) is 1.20. The minimum atomic E-state index is 0.174. The van der Waals surface area contributed by atoms with Crippen LogP contribution in [0, 0.1) is 0 Å². The van der Waals surface area contributed by atoms with E-state index in [0.29, 0.717) is 12.1 Å². The third-order valence-electron chi connectivity index (χ3n) is 3.11. The zero-order chi connectivity index (χ0) is 12.0. The maximum absolute atomic E-state index is 9.31. The molecule has 0 saturated carbocycles. The van der Waals surface area contributed by atoms with Gasteiger partial charge in [-0.1, -0.05) is 13.8 Å². The third-order valence-corrected chi connectivity index (χ3v) is 3.11. The number of nitrogens with one attached hydrogen (secondary N) is 1. The number of hydrogen-bond acceptors (Lipinski definition) is 4. The Morgan fingerprint density at radius 2 is 2.00 bits per heavy atom. The van der Waals surface area contributed by atoms with Crippen LogP contribution >= 0.6 is 0 Å². The lowest BCUT2D eigenvalue weighted by Crippen LogP contribution is -2.48. The van der Waals surface area contributed by atoms with Crippen molar-refractivity contribution in [1.82, 2.24) is 10.2 Å². The quantitative estimate of drug-likeness (QED) is 0.696. The molecule has 2 N–H and O–H groups in total. The van der Waals surface area contributed by atoms with Crippen LogP contribution in [0.2, 0.25) is 0 Å². The van der Waals surface area contributed by atoms with Crippen LogP contribution in [0.25, 0.3) is 0 Å². The monoisotopic (exact) mass is 230 g/mol. The predicted octanol–water partition coefficient (Wildman–Crippen LogP) is 0.456. The fourth-order valence-electron chi connectivity index (χ4n) is 2.26. The minimum Gasteiger partial charge on any atom is -0.395 e. The van der Waals surface area contributed by atoms with Crippen LogP contribution in [0.15, 0.2) is 0 Å². The number of ether oxygens (including phenoxy) is 1. The topological polar surface area (TPSA) is 44.7 Å². The zero-order valence-corrected chi connectivity index (χ0v) is 10.8. The molecule has 1 unspecified atom stereocenters. The van der Waals surface area contributed by atoms with Gasteiger partial charge in [-0.25, -0.2) is 0 Å². The van der Waals surface area contributed by atoms with Gasteiger partial charge in [-0.3, -0.25) is 0 Å². The van der Waals surface area contributed by atoms with Gasteiger partial charge in [0.2, 0.25) is 0 Å². The van der Waals surface area contributed by atoms with Crippen molar-refractivity contribution in [3.8, 4) is 0 Å². The minimum absolute atomic E-state index is 0.174. The number of nitrogens with zero attached hydrogens (tertiary/aromatic N) is 1. The molecule has 4 nitrogen and oxygen atoms in total. The van der Waals surface area contributed by atoms with E-state index in [1.54, 1.807) is 0 Å². The summed E-state index contributed by atoms with van der Waals surface area (Å²) >= 11 is 0. The van der Waals surface area contributed by atoms with Gasteiger partial charge in [-0.15, -0.1) is 0 Å². The second-order valence-electron chi connectivity index (χ2n) is 4.98. The van der Waals surface area contributed by atoms with Gasteiger partial charge in [-0.05, 0) is 19.9 Å². The van der Waals surface area contributed by atoms with Gasteiger partial charge in [0.25, 0.3) is 0 Å². The summed E-state index contributed by atoms with van der Waals surface area (Å²) in [5, 5.41) is 12.7. The molecule has 1 heterocycles. The molecule has 0 aromatic carbocycles. The van der Waals surface area contributed by atoms with Crippen LogP contribution in [0.4, 0.5) is 0 Å². The number of hydrogen-bond donors (Lipinski definition) is 2. The van der Waals surface area contributed by atoms with E-state index in [9.17, 15) is 5.11 Å². The first-order chi connectivity index (χ1) is 7.63. The molecule has 1 aliphatic heterocycles. The number of aliphatic hydroxyl groups excluding tert-OH is 1. The van der Waals surface area contributed by atoms with E-state index in [1.807, 2.05) is 0 Å². The summed E-state index contributed by atoms with van der Waals surface area (Å²) in [7, 11) is 2.14.